The number of carbonyl (C=O) groups excluding carboxylic acids is 2. The Morgan fingerprint density at radius 2 is 1.63 bits per heavy atom. The van der Waals surface area contributed by atoms with E-state index in [0.717, 1.165) is 19.3 Å². The van der Waals surface area contributed by atoms with Crippen LogP contribution in [0, 0.1) is 11.3 Å². The molecule has 0 aromatic heterocycles. The molecule has 4 rings (SSSR count). The normalized spacial score (nSPS) is 19.4. The van der Waals surface area contributed by atoms with Gasteiger partial charge in [-0.3, -0.25) is 9.59 Å². The van der Waals surface area contributed by atoms with Crippen LogP contribution in [0.15, 0.2) is 48.5 Å². The summed E-state index contributed by atoms with van der Waals surface area (Å²) in [6, 6.07) is 16.3. The number of fused-ring (bicyclic) bond motifs is 3. The summed E-state index contributed by atoms with van der Waals surface area (Å²) in [5.74, 6) is -1.16. The maximum absolute atomic E-state index is 12.7. The minimum absolute atomic E-state index is 0.00666. The molecule has 186 valence electrons. The van der Waals surface area contributed by atoms with Gasteiger partial charge in [-0.2, -0.15) is 0 Å². The third kappa shape index (κ3) is 6.02. The van der Waals surface area contributed by atoms with E-state index < -0.39 is 17.5 Å². The lowest BCUT2D eigenvalue weighted by atomic mass is 9.84. The summed E-state index contributed by atoms with van der Waals surface area (Å²) in [5.41, 5.74) is 4.19. The van der Waals surface area contributed by atoms with Crippen molar-refractivity contribution in [1.29, 1.82) is 0 Å². The molecule has 0 heterocycles. The van der Waals surface area contributed by atoms with Crippen LogP contribution in [0.1, 0.15) is 63.0 Å². The van der Waals surface area contributed by atoms with Gasteiger partial charge in [-0.15, -0.1) is 0 Å². The summed E-state index contributed by atoms with van der Waals surface area (Å²) >= 11 is 0. The topological polar surface area (TPSA) is 105 Å². The van der Waals surface area contributed by atoms with Crippen LogP contribution in [-0.2, 0) is 14.3 Å². The molecule has 0 saturated heterocycles. The van der Waals surface area contributed by atoms with Crippen molar-refractivity contribution in [2.45, 2.75) is 57.9 Å². The Morgan fingerprint density at radius 3 is 2.26 bits per heavy atom. The number of hydrogen-bond acceptors (Lipinski definition) is 4. The third-order valence-corrected chi connectivity index (χ3v) is 7.08. The predicted octanol–water partition coefficient (Wildman–Crippen LogP) is 4.70. The number of alkyl carbamates (subject to hydrolysis) is 1. The Bertz CT molecular complexity index is 1050. The van der Waals surface area contributed by atoms with E-state index in [1.807, 2.05) is 38.1 Å². The fourth-order valence-corrected chi connectivity index (χ4v) is 5.31. The van der Waals surface area contributed by atoms with Crippen LogP contribution in [0.2, 0.25) is 0 Å². The highest BCUT2D eigenvalue weighted by atomic mass is 16.5. The van der Waals surface area contributed by atoms with E-state index in [4.69, 9.17) is 9.84 Å². The molecule has 0 bridgehead atoms. The first-order chi connectivity index (χ1) is 16.7. The molecular formula is C28H34N2O5. The zero-order chi connectivity index (χ0) is 25.0. The van der Waals surface area contributed by atoms with Crippen LogP contribution in [0.4, 0.5) is 4.79 Å². The molecule has 2 aromatic carbocycles. The number of benzene rings is 2. The smallest absolute Gasteiger partial charge is 0.407 e. The van der Waals surface area contributed by atoms with E-state index >= 15 is 0 Å². The minimum Gasteiger partial charge on any atom is -0.481 e. The molecule has 7 heteroatoms. The zero-order valence-corrected chi connectivity index (χ0v) is 20.4. The van der Waals surface area contributed by atoms with Gasteiger partial charge in [0.25, 0.3) is 0 Å². The average Bonchev–Trinajstić information content (AvgIpc) is 3.14. The molecule has 2 aliphatic carbocycles. The Balaban J connectivity index is 1.28. The van der Waals surface area contributed by atoms with E-state index in [0.29, 0.717) is 13.0 Å². The molecule has 2 aromatic rings. The van der Waals surface area contributed by atoms with Crippen LogP contribution in [0.25, 0.3) is 11.1 Å². The van der Waals surface area contributed by atoms with E-state index in [1.165, 1.54) is 22.3 Å². The Morgan fingerprint density at radius 1 is 1.00 bits per heavy atom. The zero-order valence-electron chi connectivity index (χ0n) is 20.4. The molecule has 1 saturated carbocycles. The van der Waals surface area contributed by atoms with Gasteiger partial charge in [0.1, 0.15) is 6.61 Å². The van der Waals surface area contributed by atoms with Crippen LogP contribution in [0.5, 0.6) is 0 Å². The number of rotatable bonds is 8. The number of carboxylic acid groups (broad SMARTS) is 1. The number of ether oxygens (including phenoxy) is 1. The number of aliphatic carboxylic acids is 1. The van der Waals surface area contributed by atoms with Crippen LogP contribution < -0.4 is 10.6 Å². The van der Waals surface area contributed by atoms with E-state index in [2.05, 4.69) is 34.9 Å². The molecule has 3 N–H and O–H groups in total. The third-order valence-electron chi connectivity index (χ3n) is 7.08. The first-order valence-corrected chi connectivity index (χ1v) is 12.3. The maximum Gasteiger partial charge on any atom is 0.407 e. The Hall–Kier alpha value is -3.35. The van der Waals surface area contributed by atoms with Crippen LogP contribution in [0.3, 0.4) is 0 Å². The van der Waals surface area contributed by atoms with Gasteiger partial charge in [0.05, 0.1) is 6.42 Å². The van der Waals surface area contributed by atoms with Crippen LogP contribution >= 0.6 is 0 Å². The van der Waals surface area contributed by atoms with Crippen molar-refractivity contribution in [1.82, 2.24) is 10.6 Å². The quantitative estimate of drug-likeness (QED) is 0.510. The van der Waals surface area contributed by atoms with Gasteiger partial charge in [-0.05, 0) is 46.9 Å². The number of carbonyl (C=O) groups is 3. The number of carboxylic acids is 1. The molecule has 2 atom stereocenters. The SMILES string of the molecule is CC(C)(CNC(=O)[C@H]1CCC[C@@H](NC(=O)OCC2c3ccccc3-c3ccccc32)C1)CC(=O)O. The van der Waals surface area contributed by atoms with Gasteiger partial charge in [0, 0.05) is 24.4 Å². The summed E-state index contributed by atoms with van der Waals surface area (Å²) in [5, 5.41) is 14.9. The number of amides is 2. The van der Waals surface area contributed by atoms with Gasteiger partial charge >= 0.3 is 12.1 Å². The van der Waals surface area contributed by atoms with Crippen molar-refractivity contribution in [3.05, 3.63) is 59.7 Å². The maximum atomic E-state index is 12.7. The summed E-state index contributed by atoms with van der Waals surface area (Å²) in [6.07, 6.45) is 2.48. The predicted molar refractivity (Wildman–Crippen MR) is 133 cm³/mol. The lowest BCUT2D eigenvalue weighted by molar-refractivity contribution is -0.139. The minimum atomic E-state index is -0.880. The highest BCUT2D eigenvalue weighted by Crippen LogP contribution is 2.44. The van der Waals surface area contributed by atoms with Crippen LogP contribution in [-0.4, -0.2) is 42.3 Å². The molecular weight excluding hydrogens is 444 g/mol. The Labute approximate surface area is 206 Å². The lowest BCUT2D eigenvalue weighted by Gasteiger charge is -2.30. The highest BCUT2D eigenvalue weighted by Gasteiger charge is 2.32. The highest BCUT2D eigenvalue weighted by molar-refractivity contribution is 5.80. The largest absolute Gasteiger partial charge is 0.481 e. The Kier molecular flexibility index (Phi) is 7.43. The number of nitrogens with one attached hydrogen (secondary N) is 2. The number of hydrogen-bond donors (Lipinski definition) is 3. The van der Waals surface area contributed by atoms with E-state index in [9.17, 15) is 14.4 Å². The fraction of sp³-hybridized carbons (Fsp3) is 0.464. The molecule has 2 aliphatic rings. The first-order valence-electron chi connectivity index (χ1n) is 12.3. The second-order valence-electron chi connectivity index (χ2n) is 10.5. The summed E-state index contributed by atoms with van der Waals surface area (Å²) in [7, 11) is 0. The van der Waals surface area contributed by atoms with Gasteiger partial charge in [-0.25, -0.2) is 4.79 Å². The second kappa shape index (κ2) is 10.5. The summed E-state index contributed by atoms with van der Waals surface area (Å²) in [6.45, 7) is 4.21. The second-order valence-corrected chi connectivity index (χ2v) is 10.5. The van der Waals surface area contributed by atoms with Gasteiger partial charge in [-0.1, -0.05) is 68.8 Å². The summed E-state index contributed by atoms with van der Waals surface area (Å²) < 4.78 is 5.66. The first kappa shape index (κ1) is 24.8. The van der Waals surface area contributed by atoms with Crippen molar-refractivity contribution in [3.8, 4) is 11.1 Å². The van der Waals surface area contributed by atoms with E-state index in [-0.39, 0.29) is 36.8 Å². The molecule has 2 amide bonds. The standard InChI is InChI=1S/C28H34N2O5/c1-28(2,15-25(31)32)17-29-26(33)18-8-7-9-19(14-18)30-27(34)35-16-24-22-12-5-3-10-20(22)21-11-4-6-13-23(21)24/h3-6,10-13,18-19,24H,7-9,14-17H2,1-2H3,(H,29,33)(H,30,34)(H,31,32)/t18-,19+/m0/s1. The average molecular weight is 479 g/mol. The molecule has 7 nitrogen and oxygen atoms in total. The van der Waals surface area contributed by atoms with Gasteiger partial charge in [0.2, 0.25) is 5.91 Å². The molecule has 35 heavy (non-hydrogen) atoms. The monoisotopic (exact) mass is 478 g/mol. The van der Waals surface area contributed by atoms with Gasteiger partial charge < -0.3 is 20.5 Å². The molecule has 0 spiro atoms. The lowest BCUT2D eigenvalue weighted by Crippen LogP contribution is -2.44. The molecule has 0 unspecified atom stereocenters. The fourth-order valence-electron chi connectivity index (χ4n) is 5.31. The van der Waals surface area contributed by atoms with Crippen molar-refractivity contribution in [3.63, 3.8) is 0 Å². The van der Waals surface area contributed by atoms with Crippen molar-refractivity contribution < 1.29 is 24.2 Å². The van der Waals surface area contributed by atoms with Crippen molar-refractivity contribution in [2.24, 2.45) is 11.3 Å². The molecule has 0 aliphatic heterocycles. The van der Waals surface area contributed by atoms with E-state index in [1.54, 1.807) is 0 Å². The van der Waals surface area contributed by atoms with Gasteiger partial charge in [0.15, 0.2) is 0 Å². The van der Waals surface area contributed by atoms with Crippen molar-refractivity contribution >= 4 is 18.0 Å². The molecule has 0 radical (unpaired) electrons. The molecule has 1 fully saturated rings. The summed E-state index contributed by atoms with van der Waals surface area (Å²) in [4.78, 5) is 36.3. The van der Waals surface area contributed by atoms with Crippen molar-refractivity contribution in [2.75, 3.05) is 13.2 Å².